The third-order valence-electron chi connectivity index (χ3n) is 4.99. The first-order valence-electron chi connectivity index (χ1n) is 10.1. The molecule has 0 bridgehead atoms. The zero-order chi connectivity index (χ0) is 22.7. The number of non-ortho nitro benzene ring substituents is 1. The van der Waals surface area contributed by atoms with Crippen LogP contribution in [0.2, 0.25) is 0 Å². The number of ketones is 1. The van der Waals surface area contributed by atoms with Crippen LogP contribution in [-0.2, 0) is 6.61 Å². The number of hydrogen-bond donors (Lipinski definition) is 0. The number of aryl methyl sites for hydroxylation is 1. The Kier molecular flexibility index (Phi) is 5.89. The number of carbonyl (C=O) groups is 1. The molecular weight excluding hydrogens is 410 g/mol. The summed E-state index contributed by atoms with van der Waals surface area (Å²) in [6.45, 7) is 4.58. The maximum atomic E-state index is 12.9. The molecule has 32 heavy (non-hydrogen) atoms. The van der Waals surface area contributed by atoms with Gasteiger partial charge in [0.25, 0.3) is 5.69 Å². The van der Waals surface area contributed by atoms with Crippen molar-refractivity contribution >= 4 is 17.5 Å². The van der Waals surface area contributed by atoms with E-state index in [4.69, 9.17) is 14.2 Å². The third-order valence-corrected chi connectivity index (χ3v) is 4.99. The van der Waals surface area contributed by atoms with Crippen LogP contribution in [0.15, 0.2) is 66.4 Å². The average molecular weight is 431 g/mol. The highest BCUT2D eigenvalue weighted by molar-refractivity contribution is 6.15. The molecule has 0 aromatic heterocycles. The van der Waals surface area contributed by atoms with Crippen LogP contribution in [0.1, 0.15) is 34.0 Å². The maximum absolute atomic E-state index is 12.9. The molecule has 3 aromatic carbocycles. The van der Waals surface area contributed by atoms with E-state index in [2.05, 4.69) is 0 Å². The van der Waals surface area contributed by atoms with Crippen LogP contribution >= 0.6 is 0 Å². The fourth-order valence-electron chi connectivity index (χ4n) is 3.42. The van der Waals surface area contributed by atoms with Crippen LogP contribution in [0.5, 0.6) is 17.2 Å². The minimum atomic E-state index is -0.443. The molecule has 0 saturated carbocycles. The SMILES string of the molecule is CCOc1ccc(/C=C2\Oc3cc(OCc4ccc([N+](=O)[O-])cc4)cc(C)c3C2=O)cc1. The van der Waals surface area contributed by atoms with Crippen molar-refractivity contribution in [3.8, 4) is 17.2 Å². The van der Waals surface area contributed by atoms with Gasteiger partial charge in [0.15, 0.2) is 5.76 Å². The Bertz CT molecular complexity index is 1200. The number of allylic oxidation sites excluding steroid dienone is 1. The van der Waals surface area contributed by atoms with Gasteiger partial charge in [0.1, 0.15) is 23.9 Å². The molecule has 0 amide bonds. The van der Waals surface area contributed by atoms with Gasteiger partial charge in [0.2, 0.25) is 5.78 Å². The Morgan fingerprint density at radius 3 is 2.38 bits per heavy atom. The van der Waals surface area contributed by atoms with Crippen LogP contribution in [-0.4, -0.2) is 17.3 Å². The molecule has 7 nitrogen and oxygen atoms in total. The highest BCUT2D eigenvalue weighted by atomic mass is 16.6. The van der Waals surface area contributed by atoms with E-state index in [0.29, 0.717) is 23.7 Å². The Hall–Kier alpha value is -4.13. The lowest BCUT2D eigenvalue weighted by atomic mass is 10.0. The van der Waals surface area contributed by atoms with Crippen molar-refractivity contribution in [3.63, 3.8) is 0 Å². The van der Waals surface area contributed by atoms with E-state index in [9.17, 15) is 14.9 Å². The molecule has 4 rings (SSSR count). The fraction of sp³-hybridized carbons (Fsp3) is 0.160. The van der Waals surface area contributed by atoms with E-state index in [1.54, 1.807) is 30.3 Å². The summed E-state index contributed by atoms with van der Waals surface area (Å²) in [6, 6.07) is 17.1. The van der Waals surface area contributed by atoms with Gasteiger partial charge in [-0.15, -0.1) is 0 Å². The number of rotatable bonds is 7. The normalized spacial score (nSPS) is 13.6. The first-order valence-corrected chi connectivity index (χ1v) is 10.1. The minimum absolute atomic E-state index is 0.0286. The first kappa shape index (κ1) is 21.1. The number of ether oxygens (including phenoxy) is 3. The zero-order valence-corrected chi connectivity index (χ0v) is 17.7. The summed E-state index contributed by atoms with van der Waals surface area (Å²) in [5.41, 5.74) is 2.92. The first-order chi connectivity index (χ1) is 15.4. The Balaban J connectivity index is 1.49. The second-order valence-electron chi connectivity index (χ2n) is 7.27. The largest absolute Gasteiger partial charge is 0.494 e. The van der Waals surface area contributed by atoms with Crippen LogP contribution in [0, 0.1) is 17.0 Å². The molecule has 1 aliphatic rings. The van der Waals surface area contributed by atoms with Crippen LogP contribution in [0.4, 0.5) is 5.69 Å². The number of nitrogens with zero attached hydrogens (tertiary/aromatic N) is 1. The Morgan fingerprint density at radius 2 is 1.72 bits per heavy atom. The van der Waals surface area contributed by atoms with Gasteiger partial charge in [-0.1, -0.05) is 12.1 Å². The molecule has 0 aliphatic carbocycles. The summed E-state index contributed by atoms with van der Waals surface area (Å²) in [6.07, 6.45) is 1.70. The summed E-state index contributed by atoms with van der Waals surface area (Å²) < 4.78 is 17.1. The molecule has 1 heterocycles. The predicted molar refractivity (Wildman–Crippen MR) is 119 cm³/mol. The summed E-state index contributed by atoms with van der Waals surface area (Å²) in [5.74, 6) is 1.84. The highest BCUT2D eigenvalue weighted by Crippen LogP contribution is 2.37. The lowest BCUT2D eigenvalue weighted by Gasteiger charge is -2.09. The summed E-state index contributed by atoms with van der Waals surface area (Å²) in [7, 11) is 0. The van der Waals surface area contributed by atoms with Gasteiger partial charge in [-0.3, -0.25) is 14.9 Å². The number of carbonyl (C=O) groups excluding carboxylic acids is 1. The summed E-state index contributed by atoms with van der Waals surface area (Å²) in [5, 5.41) is 10.8. The van der Waals surface area contributed by atoms with Gasteiger partial charge >= 0.3 is 0 Å². The Morgan fingerprint density at radius 1 is 1.00 bits per heavy atom. The van der Waals surface area contributed by atoms with Crippen molar-refractivity contribution in [1.82, 2.24) is 0 Å². The summed E-state index contributed by atoms with van der Waals surface area (Å²) in [4.78, 5) is 23.2. The molecule has 0 N–H and O–H groups in total. The lowest BCUT2D eigenvalue weighted by Crippen LogP contribution is -2.00. The van der Waals surface area contributed by atoms with Crippen molar-refractivity contribution in [2.24, 2.45) is 0 Å². The standard InChI is InChI=1S/C25H21NO6/c1-3-30-20-10-6-17(7-11-20)13-23-25(27)24-16(2)12-21(14-22(24)32-23)31-15-18-4-8-19(9-5-18)26(28)29/h4-14H,3,15H2,1-2H3/b23-13-. The van der Waals surface area contributed by atoms with Crippen LogP contribution in [0.25, 0.3) is 6.08 Å². The van der Waals surface area contributed by atoms with Crippen molar-refractivity contribution in [2.75, 3.05) is 6.61 Å². The molecule has 0 saturated heterocycles. The predicted octanol–water partition coefficient (Wildman–Crippen LogP) is 5.50. The third kappa shape index (κ3) is 4.46. The van der Waals surface area contributed by atoms with E-state index in [-0.39, 0.29) is 23.8 Å². The van der Waals surface area contributed by atoms with E-state index >= 15 is 0 Å². The maximum Gasteiger partial charge on any atom is 0.269 e. The second-order valence-corrected chi connectivity index (χ2v) is 7.27. The summed E-state index contributed by atoms with van der Waals surface area (Å²) >= 11 is 0. The molecule has 3 aromatic rings. The van der Waals surface area contributed by atoms with Gasteiger partial charge in [0, 0.05) is 18.2 Å². The minimum Gasteiger partial charge on any atom is -0.494 e. The van der Waals surface area contributed by atoms with Crippen molar-refractivity contribution in [3.05, 3.63) is 98.8 Å². The topological polar surface area (TPSA) is 87.9 Å². The number of hydrogen-bond acceptors (Lipinski definition) is 6. The van der Waals surface area contributed by atoms with Crippen molar-refractivity contribution in [2.45, 2.75) is 20.5 Å². The number of nitro benzene ring substituents is 1. The molecule has 0 unspecified atom stereocenters. The van der Waals surface area contributed by atoms with Gasteiger partial charge in [0.05, 0.1) is 17.1 Å². The zero-order valence-electron chi connectivity index (χ0n) is 17.7. The number of benzene rings is 3. The fourth-order valence-corrected chi connectivity index (χ4v) is 3.42. The van der Waals surface area contributed by atoms with Crippen LogP contribution in [0.3, 0.4) is 0 Å². The monoisotopic (exact) mass is 431 g/mol. The van der Waals surface area contributed by atoms with Gasteiger partial charge in [-0.2, -0.15) is 0 Å². The second kappa shape index (κ2) is 8.93. The van der Waals surface area contributed by atoms with E-state index in [1.807, 2.05) is 38.1 Å². The molecular formula is C25H21NO6. The average Bonchev–Trinajstić information content (AvgIpc) is 3.09. The number of nitro groups is 1. The molecule has 7 heteroatoms. The molecule has 1 aliphatic heterocycles. The Labute approximate surface area is 185 Å². The van der Waals surface area contributed by atoms with Crippen molar-refractivity contribution < 1.29 is 23.9 Å². The van der Waals surface area contributed by atoms with Crippen molar-refractivity contribution in [1.29, 1.82) is 0 Å². The van der Waals surface area contributed by atoms with Gasteiger partial charge in [-0.25, -0.2) is 0 Å². The number of fused-ring (bicyclic) bond motifs is 1. The van der Waals surface area contributed by atoms with E-state index in [1.165, 1.54) is 12.1 Å². The van der Waals surface area contributed by atoms with Gasteiger partial charge < -0.3 is 14.2 Å². The quantitative estimate of drug-likeness (QED) is 0.279. The molecule has 0 spiro atoms. The lowest BCUT2D eigenvalue weighted by molar-refractivity contribution is -0.384. The molecule has 0 radical (unpaired) electrons. The van der Waals surface area contributed by atoms with E-state index in [0.717, 1.165) is 22.4 Å². The molecule has 0 fully saturated rings. The smallest absolute Gasteiger partial charge is 0.269 e. The van der Waals surface area contributed by atoms with E-state index < -0.39 is 4.92 Å². The molecule has 162 valence electrons. The highest BCUT2D eigenvalue weighted by Gasteiger charge is 2.30. The van der Waals surface area contributed by atoms with Crippen LogP contribution < -0.4 is 14.2 Å². The number of Topliss-reactive ketones (excluding diaryl/α,β-unsaturated/α-hetero) is 1. The molecule has 0 atom stereocenters. The van der Waals surface area contributed by atoms with Gasteiger partial charge in [-0.05, 0) is 66.9 Å².